The second-order valence-corrected chi connectivity index (χ2v) is 5.06. The highest BCUT2D eigenvalue weighted by molar-refractivity contribution is 5.85. The van der Waals surface area contributed by atoms with Gasteiger partial charge in [0.1, 0.15) is 0 Å². The van der Waals surface area contributed by atoms with E-state index in [1.54, 1.807) is 0 Å². The molecule has 7 heteroatoms. The summed E-state index contributed by atoms with van der Waals surface area (Å²) in [6.07, 6.45) is 2.08. The van der Waals surface area contributed by atoms with Crippen molar-refractivity contribution in [1.29, 1.82) is 0 Å². The molecule has 1 unspecified atom stereocenters. The molecule has 1 rings (SSSR count). The molecular formula is C14H31Cl2N3O2. The van der Waals surface area contributed by atoms with Gasteiger partial charge in [0.2, 0.25) is 5.91 Å². The molecule has 1 saturated heterocycles. The lowest BCUT2D eigenvalue weighted by molar-refractivity contribution is -0.130. The number of halogens is 2. The van der Waals surface area contributed by atoms with E-state index in [1.165, 1.54) is 0 Å². The number of nitrogens with one attached hydrogen (secondary N) is 2. The summed E-state index contributed by atoms with van der Waals surface area (Å²) in [5.74, 6) is 0.596. The second kappa shape index (κ2) is 13.6. The fourth-order valence-corrected chi connectivity index (χ4v) is 2.68. The number of carbonyl (C=O) groups is 1. The van der Waals surface area contributed by atoms with Gasteiger partial charge in [-0.25, -0.2) is 0 Å². The number of likely N-dealkylation sites (N-methyl/N-ethyl adjacent to an activating group) is 1. The van der Waals surface area contributed by atoms with E-state index in [1.807, 2.05) is 7.05 Å². The molecule has 0 spiro atoms. The molecule has 21 heavy (non-hydrogen) atoms. The molecule has 0 bridgehead atoms. The van der Waals surface area contributed by atoms with Crippen LogP contribution < -0.4 is 10.6 Å². The quantitative estimate of drug-likeness (QED) is 0.652. The van der Waals surface area contributed by atoms with Crippen LogP contribution in [0.25, 0.3) is 0 Å². The van der Waals surface area contributed by atoms with Gasteiger partial charge in [-0.15, -0.1) is 24.8 Å². The van der Waals surface area contributed by atoms with Crippen LogP contribution in [0.1, 0.15) is 26.7 Å². The highest BCUT2D eigenvalue weighted by Gasteiger charge is 2.32. The molecule has 0 aromatic rings. The average molecular weight is 344 g/mol. The first-order valence-electron chi connectivity index (χ1n) is 7.48. The molecule has 1 fully saturated rings. The van der Waals surface area contributed by atoms with Crippen LogP contribution in [-0.2, 0) is 9.53 Å². The van der Waals surface area contributed by atoms with E-state index in [2.05, 4.69) is 29.4 Å². The van der Waals surface area contributed by atoms with Crippen LogP contribution in [0.5, 0.6) is 0 Å². The number of rotatable bonds is 8. The van der Waals surface area contributed by atoms with Crippen molar-refractivity contribution in [2.24, 2.45) is 5.92 Å². The summed E-state index contributed by atoms with van der Waals surface area (Å²) in [6.45, 7) is 9.04. The lowest BCUT2D eigenvalue weighted by Gasteiger charge is -2.37. The number of hydrogen-bond acceptors (Lipinski definition) is 4. The summed E-state index contributed by atoms with van der Waals surface area (Å²) in [5.41, 5.74) is 0. The fraction of sp³-hybridized carbons (Fsp3) is 0.929. The maximum atomic E-state index is 12.5. The van der Waals surface area contributed by atoms with Gasteiger partial charge in [0.25, 0.3) is 0 Å². The Morgan fingerprint density at radius 2 is 1.71 bits per heavy atom. The Morgan fingerprint density at radius 3 is 2.19 bits per heavy atom. The zero-order valence-corrected chi connectivity index (χ0v) is 15.0. The van der Waals surface area contributed by atoms with Crippen molar-refractivity contribution < 1.29 is 9.53 Å². The van der Waals surface area contributed by atoms with Crippen LogP contribution in [0.3, 0.4) is 0 Å². The molecule has 1 amide bonds. The number of amides is 1. The Hall–Kier alpha value is -0.0700. The zero-order valence-electron chi connectivity index (χ0n) is 13.4. The van der Waals surface area contributed by atoms with Crippen molar-refractivity contribution in [2.45, 2.75) is 32.7 Å². The van der Waals surface area contributed by atoms with Crippen LogP contribution in [0.4, 0.5) is 0 Å². The Balaban J connectivity index is 0. The minimum Gasteiger partial charge on any atom is -0.379 e. The third kappa shape index (κ3) is 7.66. The molecule has 1 atom stereocenters. The minimum atomic E-state index is -0.00393. The smallest absolute Gasteiger partial charge is 0.237 e. The second-order valence-electron chi connectivity index (χ2n) is 5.06. The maximum absolute atomic E-state index is 12.5. The van der Waals surface area contributed by atoms with E-state index in [0.29, 0.717) is 12.5 Å². The van der Waals surface area contributed by atoms with E-state index in [4.69, 9.17) is 4.74 Å². The average Bonchev–Trinajstić information content (AvgIpc) is 2.45. The summed E-state index contributed by atoms with van der Waals surface area (Å²) in [5, 5.41) is 6.10. The van der Waals surface area contributed by atoms with Crippen LogP contribution in [0.2, 0.25) is 0 Å². The molecule has 0 radical (unpaired) electrons. The molecule has 128 valence electrons. The first-order valence-corrected chi connectivity index (χ1v) is 7.48. The number of ether oxygens (including phenoxy) is 1. The highest BCUT2D eigenvalue weighted by Crippen LogP contribution is 2.20. The van der Waals surface area contributed by atoms with Crippen molar-refractivity contribution >= 4 is 30.7 Å². The summed E-state index contributed by atoms with van der Waals surface area (Å²) in [4.78, 5) is 14.7. The Morgan fingerprint density at radius 1 is 1.14 bits per heavy atom. The molecule has 2 N–H and O–H groups in total. The monoisotopic (exact) mass is 343 g/mol. The van der Waals surface area contributed by atoms with Crippen LogP contribution in [-0.4, -0.2) is 63.3 Å². The first-order chi connectivity index (χ1) is 9.24. The first kappa shape index (κ1) is 23.2. The van der Waals surface area contributed by atoms with Gasteiger partial charge in [0, 0.05) is 26.2 Å². The van der Waals surface area contributed by atoms with Gasteiger partial charge in [-0.1, -0.05) is 26.7 Å². The number of morpholine rings is 1. The van der Waals surface area contributed by atoms with Crippen LogP contribution in [0, 0.1) is 5.92 Å². The highest BCUT2D eigenvalue weighted by atomic mass is 35.5. The molecule has 0 aromatic carbocycles. The Bertz CT molecular complexity index is 261. The third-order valence-corrected chi connectivity index (χ3v) is 3.88. The van der Waals surface area contributed by atoms with Crippen molar-refractivity contribution in [1.82, 2.24) is 15.5 Å². The predicted molar refractivity (Wildman–Crippen MR) is 91.7 cm³/mol. The minimum absolute atomic E-state index is 0. The van der Waals surface area contributed by atoms with E-state index in [-0.39, 0.29) is 36.8 Å². The molecule has 0 aromatic heterocycles. The number of carbonyl (C=O) groups excluding carboxylic acids is 1. The zero-order chi connectivity index (χ0) is 14.1. The normalized spacial score (nSPS) is 16.8. The number of nitrogens with zero attached hydrogens (tertiary/aromatic N) is 1. The van der Waals surface area contributed by atoms with E-state index in [9.17, 15) is 4.79 Å². The fourth-order valence-electron chi connectivity index (χ4n) is 2.68. The topological polar surface area (TPSA) is 53.6 Å². The Kier molecular flexibility index (Phi) is 15.0. The molecule has 0 aliphatic carbocycles. The SMILES string of the molecule is CCC(CC)C(C(=O)NCCNC)N1CCOCC1.Cl.Cl. The standard InChI is InChI=1S/C14H29N3O2.2ClH/c1-4-12(5-2)13(14(18)16-7-6-15-3)17-8-10-19-11-9-17;;/h12-13,15H,4-11H2,1-3H3,(H,16,18);2*1H. The maximum Gasteiger partial charge on any atom is 0.237 e. The molecule has 0 saturated carbocycles. The van der Waals surface area contributed by atoms with Crippen LogP contribution >= 0.6 is 24.8 Å². The summed E-state index contributed by atoms with van der Waals surface area (Å²) < 4.78 is 5.39. The molecule has 1 heterocycles. The van der Waals surface area contributed by atoms with Gasteiger partial charge < -0.3 is 15.4 Å². The van der Waals surface area contributed by atoms with E-state index < -0.39 is 0 Å². The summed E-state index contributed by atoms with van der Waals surface area (Å²) in [6, 6.07) is -0.00393. The van der Waals surface area contributed by atoms with Gasteiger partial charge in [-0.05, 0) is 13.0 Å². The lowest BCUT2D eigenvalue weighted by atomic mass is 9.91. The van der Waals surface area contributed by atoms with Crippen molar-refractivity contribution in [3.05, 3.63) is 0 Å². The van der Waals surface area contributed by atoms with Crippen molar-refractivity contribution in [3.8, 4) is 0 Å². The summed E-state index contributed by atoms with van der Waals surface area (Å²) in [7, 11) is 1.90. The summed E-state index contributed by atoms with van der Waals surface area (Å²) >= 11 is 0. The van der Waals surface area contributed by atoms with Gasteiger partial charge in [-0.3, -0.25) is 9.69 Å². The van der Waals surface area contributed by atoms with Crippen molar-refractivity contribution in [3.63, 3.8) is 0 Å². The largest absolute Gasteiger partial charge is 0.379 e. The molecule has 1 aliphatic rings. The van der Waals surface area contributed by atoms with Gasteiger partial charge >= 0.3 is 0 Å². The van der Waals surface area contributed by atoms with Crippen LogP contribution in [0.15, 0.2) is 0 Å². The third-order valence-electron chi connectivity index (χ3n) is 3.88. The van der Waals surface area contributed by atoms with Gasteiger partial charge in [0.05, 0.1) is 19.3 Å². The van der Waals surface area contributed by atoms with E-state index in [0.717, 1.165) is 45.7 Å². The van der Waals surface area contributed by atoms with Gasteiger partial charge in [0.15, 0.2) is 0 Å². The van der Waals surface area contributed by atoms with E-state index >= 15 is 0 Å². The molecular weight excluding hydrogens is 313 g/mol. The Labute approximate surface area is 141 Å². The molecule has 1 aliphatic heterocycles. The lowest BCUT2D eigenvalue weighted by Crippen LogP contribution is -2.54. The van der Waals surface area contributed by atoms with Gasteiger partial charge in [-0.2, -0.15) is 0 Å². The number of hydrogen-bond donors (Lipinski definition) is 2. The molecule has 5 nitrogen and oxygen atoms in total. The predicted octanol–water partition coefficient (Wildman–Crippen LogP) is 1.30. The van der Waals surface area contributed by atoms with Crippen molar-refractivity contribution in [2.75, 3.05) is 46.4 Å².